The Balaban J connectivity index is 2.82. The van der Waals surface area contributed by atoms with E-state index in [1.165, 1.54) is 0 Å². The van der Waals surface area contributed by atoms with Gasteiger partial charge in [-0.2, -0.15) is 0 Å². The van der Waals surface area contributed by atoms with Crippen LogP contribution in [-0.2, 0) is 8.87 Å². The van der Waals surface area contributed by atoms with Crippen molar-refractivity contribution in [3.63, 3.8) is 0 Å². The number of hydrogen-bond acceptors (Lipinski definition) is 4. The van der Waals surface area contributed by atoms with E-state index >= 15 is 0 Å². The van der Waals surface area contributed by atoms with Gasteiger partial charge in [-0.15, -0.1) is 0 Å². The van der Waals surface area contributed by atoms with E-state index in [1.54, 1.807) is 31.2 Å². The second kappa shape index (κ2) is 5.01. The third kappa shape index (κ3) is 3.85. The molecule has 1 atom stereocenters. The van der Waals surface area contributed by atoms with E-state index in [9.17, 15) is 8.42 Å². The summed E-state index contributed by atoms with van der Waals surface area (Å²) < 4.78 is 23.4. The average Bonchev–Trinajstić information content (AvgIpc) is 2.16. The molecule has 84 valence electrons. The molecule has 1 unspecified atom stereocenters. The van der Waals surface area contributed by atoms with Gasteiger partial charge in [0, 0.05) is 5.75 Å². The predicted octanol–water partition coefficient (Wildman–Crippen LogP) is 1.80. The van der Waals surface area contributed by atoms with Crippen molar-refractivity contribution < 1.29 is 13.5 Å². The minimum atomic E-state index is -3.32. The first-order chi connectivity index (χ1) is 6.92. The first-order valence-electron chi connectivity index (χ1n) is 4.56. The zero-order valence-corrected chi connectivity index (χ0v) is 10.3. The summed E-state index contributed by atoms with van der Waals surface area (Å²) >= 11 is 0. The number of rotatable bonds is 4. The van der Waals surface area contributed by atoms with E-state index in [0.717, 1.165) is 16.4 Å². The molecule has 0 heterocycles. The summed E-state index contributed by atoms with van der Waals surface area (Å²) in [4.78, 5) is 0.291. The van der Waals surface area contributed by atoms with Crippen LogP contribution >= 0.6 is 10.8 Å². The molecule has 15 heavy (non-hydrogen) atoms. The highest BCUT2D eigenvalue weighted by molar-refractivity contribution is 8.72. The monoisotopic (exact) mass is 246 g/mol. The lowest BCUT2D eigenvalue weighted by molar-refractivity contribution is 0.220. The smallest absolute Gasteiger partial charge is 0.230 e. The predicted molar refractivity (Wildman–Crippen MR) is 62.5 cm³/mol. The molecule has 0 aromatic heterocycles. The van der Waals surface area contributed by atoms with Crippen molar-refractivity contribution in [1.29, 1.82) is 0 Å². The topological polar surface area (TPSA) is 54.4 Å². The van der Waals surface area contributed by atoms with Crippen LogP contribution in [-0.4, -0.2) is 25.4 Å². The summed E-state index contributed by atoms with van der Waals surface area (Å²) in [5.74, 6) is 0.191. The Bertz CT molecular complexity index is 407. The van der Waals surface area contributed by atoms with Crippen LogP contribution in [0.3, 0.4) is 0 Å². The fourth-order valence-electron chi connectivity index (χ4n) is 0.961. The van der Waals surface area contributed by atoms with Gasteiger partial charge < -0.3 is 5.11 Å². The summed E-state index contributed by atoms with van der Waals surface area (Å²) in [5, 5.41) is 9.02. The molecule has 5 heteroatoms. The minimum absolute atomic E-state index is 0.191. The molecule has 0 aliphatic carbocycles. The van der Waals surface area contributed by atoms with Crippen LogP contribution < -0.4 is 0 Å². The highest BCUT2D eigenvalue weighted by Crippen LogP contribution is 2.23. The molecular weight excluding hydrogens is 232 g/mol. The van der Waals surface area contributed by atoms with E-state index in [2.05, 4.69) is 0 Å². The van der Waals surface area contributed by atoms with Crippen molar-refractivity contribution >= 4 is 19.7 Å². The van der Waals surface area contributed by atoms with Crippen molar-refractivity contribution in [2.24, 2.45) is 0 Å². The molecule has 3 nitrogen and oxygen atoms in total. The standard InChI is InChI=1S/C10H14O3S2/c1-8-3-5-10(6-4-8)15(12,13)14-7-9(2)11/h3-6,9,11H,7H2,1-2H3. The first-order valence-corrected chi connectivity index (χ1v) is 7.54. The molecule has 0 amide bonds. The SMILES string of the molecule is Cc1ccc(S(=O)(=O)SCC(C)O)cc1. The fourth-order valence-corrected chi connectivity index (χ4v) is 3.81. The van der Waals surface area contributed by atoms with E-state index in [4.69, 9.17) is 5.11 Å². The van der Waals surface area contributed by atoms with Crippen LogP contribution in [0.1, 0.15) is 12.5 Å². The first kappa shape index (κ1) is 12.5. The summed E-state index contributed by atoms with van der Waals surface area (Å²) in [5.41, 5.74) is 1.02. The molecule has 0 saturated heterocycles. The third-order valence-electron chi connectivity index (χ3n) is 1.77. The van der Waals surface area contributed by atoms with Gasteiger partial charge in [-0.3, -0.25) is 0 Å². The van der Waals surface area contributed by atoms with Gasteiger partial charge in [-0.25, -0.2) is 8.42 Å². The highest BCUT2D eigenvalue weighted by Gasteiger charge is 2.15. The minimum Gasteiger partial charge on any atom is -0.393 e. The lowest BCUT2D eigenvalue weighted by Crippen LogP contribution is -2.06. The molecule has 0 fully saturated rings. The normalized spacial score (nSPS) is 13.8. The van der Waals surface area contributed by atoms with Crippen LogP contribution in [0.5, 0.6) is 0 Å². The average molecular weight is 246 g/mol. The maximum Gasteiger partial charge on any atom is 0.230 e. The molecule has 0 aliphatic heterocycles. The van der Waals surface area contributed by atoms with E-state index in [0.29, 0.717) is 4.90 Å². The van der Waals surface area contributed by atoms with Gasteiger partial charge in [0.1, 0.15) is 0 Å². The fraction of sp³-hybridized carbons (Fsp3) is 0.400. The second-order valence-electron chi connectivity index (χ2n) is 3.40. The molecular formula is C10H14O3S2. The summed E-state index contributed by atoms with van der Waals surface area (Å²) in [6.07, 6.45) is -0.616. The lowest BCUT2D eigenvalue weighted by Gasteiger charge is -2.05. The summed E-state index contributed by atoms with van der Waals surface area (Å²) in [6.45, 7) is 3.47. The number of hydrogen-bond donors (Lipinski definition) is 1. The Morgan fingerprint density at radius 3 is 2.33 bits per heavy atom. The van der Waals surface area contributed by atoms with Crippen molar-refractivity contribution in [1.82, 2.24) is 0 Å². The Hall–Kier alpha value is -0.520. The van der Waals surface area contributed by atoms with Crippen molar-refractivity contribution in [3.05, 3.63) is 29.8 Å². The van der Waals surface area contributed by atoms with E-state index < -0.39 is 15.0 Å². The number of aliphatic hydroxyl groups is 1. The van der Waals surface area contributed by atoms with Crippen molar-refractivity contribution in [2.45, 2.75) is 24.8 Å². The highest BCUT2D eigenvalue weighted by atomic mass is 33.1. The molecule has 1 aromatic rings. The largest absolute Gasteiger partial charge is 0.393 e. The molecule has 1 N–H and O–H groups in total. The maximum absolute atomic E-state index is 11.7. The van der Waals surface area contributed by atoms with Crippen molar-refractivity contribution in [2.75, 3.05) is 5.75 Å². The number of aliphatic hydroxyl groups excluding tert-OH is 1. The Labute approximate surface area is 93.8 Å². The van der Waals surface area contributed by atoms with Crippen LogP contribution in [0.4, 0.5) is 0 Å². The van der Waals surface area contributed by atoms with Crippen LogP contribution in [0.25, 0.3) is 0 Å². The zero-order chi connectivity index (χ0) is 11.5. The van der Waals surface area contributed by atoms with E-state index in [1.807, 2.05) is 6.92 Å². The molecule has 0 saturated carbocycles. The molecule has 0 spiro atoms. The van der Waals surface area contributed by atoms with Gasteiger partial charge in [-0.1, -0.05) is 17.7 Å². The lowest BCUT2D eigenvalue weighted by atomic mass is 10.2. The molecule has 0 bridgehead atoms. The van der Waals surface area contributed by atoms with Gasteiger partial charge >= 0.3 is 0 Å². The van der Waals surface area contributed by atoms with Crippen LogP contribution in [0, 0.1) is 6.92 Å². The third-order valence-corrected chi connectivity index (χ3v) is 5.47. The van der Waals surface area contributed by atoms with Gasteiger partial charge in [0.25, 0.3) is 0 Å². The number of aryl methyl sites for hydroxylation is 1. The van der Waals surface area contributed by atoms with Gasteiger partial charge in [0.05, 0.1) is 11.0 Å². The molecule has 1 rings (SSSR count). The quantitative estimate of drug-likeness (QED) is 0.823. The summed E-state index contributed by atoms with van der Waals surface area (Å²) in [6, 6.07) is 6.69. The van der Waals surface area contributed by atoms with E-state index in [-0.39, 0.29) is 5.75 Å². The summed E-state index contributed by atoms with van der Waals surface area (Å²) in [7, 11) is -2.55. The van der Waals surface area contributed by atoms with Crippen LogP contribution in [0.2, 0.25) is 0 Å². The molecule has 0 aliphatic rings. The molecule has 1 aromatic carbocycles. The van der Waals surface area contributed by atoms with Gasteiger partial charge in [-0.05, 0) is 36.8 Å². The number of benzene rings is 1. The molecule has 0 radical (unpaired) electrons. The maximum atomic E-state index is 11.7. The zero-order valence-electron chi connectivity index (χ0n) is 8.67. The van der Waals surface area contributed by atoms with Crippen LogP contribution in [0.15, 0.2) is 29.2 Å². The van der Waals surface area contributed by atoms with Gasteiger partial charge in [0.15, 0.2) is 0 Å². The Morgan fingerprint density at radius 1 is 1.33 bits per heavy atom. The Kier molecular flexibility index (Phi) is 4.19. The van der Waals surface area contributed by atoms with Crippen molar-refractivity contribution in [3.8, 4) is 0 Å². The Morgan fingerprint density at radius 2 is 1.87 bits per heavy atom. The second-order valence-corrected chi connectivity index (χ2v) is 7.37. The van der Waals surface area contributed by atoms with Gasteiger partial charge in [0.2, 0.25) is 8.87 Å².